The van der Waals surface area contributed by atoms with Gasteiger partial charge in [0, 0.05) is 25.6 Å². The van der Waals surface area contributed by atoms with Crippen molar-refractivity contribution in [3.05, 3.63) is 41.2 Å². The molecule has 1 saturated carbocycles. The molecule has 1 aliphatic carbocycles. The topological polar surface area (TPSA) is 91.8 Å². The molecule has 3 N–H and O–H groups in total. The predicted octanol–water partition coefficient (Wildman–Crippen LogP) is 3.53. The Hall–Kier alpha value is -2.91. The summed E-state index contributed by atoms with van der Waals surface area (Å²) in [7, 11) is 1.72. The van der Waals surface area contributed by atoms with Crippen LogP contribution >= 0.6 is 0 Å². The van der Waals surface area contributed by atoms with Gasteiger partial charge in [-0.3, -0.25) is 4.79 Å². The smallest absolute Gasteiger partial charge is 0.357 e. The molecule has 0 radical (unpaired) electrons. The minimum absolute atomic E-state index is 0.00321. The van der Waals surface area contributed by atoms with E-state index >= 15 is 0 Å². The van der Waals surface area contributed by atoms with Gasteiger partial charge in [0.25, 0.3) is 0 Å². The number of nitrogens with zero attached hydrogens (tertiary/aromatic N) is 3. The highest BCUT2D eigenvalue weighted by atomic mass is 19.4. The Bertz CT molecular complexity index is 889. The quantitative estimate of drug-likeness (QED) is 0.660. The van der Waals surface area contributed by atoms with Crippen molar-refractivity contribution in [2.24, 2.45) is 5.92 Å². The van der Waals surface area contributed by atoms with Crippen molar-refractivity contribution in [1.29, 1.82) is 0 Å². The fourth-order valence-corrected chi connectivity index (χ4v) is 3.68. The van der Waals surface area contributed by atoms with Gasteiger partial charge >= 0.3 is 6.18 Å². The van der Waals surface area contributed by atoms with Gasteiger partial charge in [-0.15, -0.1) is 0 Å². The molecule has 0 aliphatic heterocycles. The number of aromatic nitrogens is 3. The Balaban J connectivity index is 1.59. The third-order valence-corrected chi connectivity index (χ3v) is 5.12. The Kier molecular flexibility index (Phi) is 6.73. The number of carbonyl (C=O) groups excluding carboxylic acids is 1. The molecule has 1 aliphatic rings. The lowest BCUT2D eigenvalue weighted by Crippen LogP contribution is -2.37. The van der Waals surface area contributed by atoms with Gasteiger partial charge in [0.05, 0.1) is 5.56 Å². The van der Waals surface area contributed by atoms with Crippen LogP contribution in [0, 0.1) is 12.8 Å². The van der Waals surface area contributed by atoms with Gasteiger partial charge in [-0.2, -0.15) is 28.1 Å². The van der Waals surface area contributed by atoms with Crippen LogP contribution in [-0.4, -0.2) is 33.9 Å². The first kappa shape index (κ1) is 21.8. The van der Waals surface area contributed by atoms with E-state index in [1.54, 1.807) is 14.0 Å². The number of hydrogen-bond acceptors (Lipinski definition) is 6. The molecule has 1 amide bonds. The monoisotopic (exact) mass is 422 g/mol. The fraction of sp³-hybridized carbons (Fsp3) is 0.500. The summed E-state index contributed by atoms with van der Waals surface area (Å²) in [4.78, 5) is 25.3. The first-order chi connectivity index (χ1) is 14.3. The lowest BCUT2D eigenvalue weighted by molar-refractivity contribution is -0.138. The van der Waals surface area contributed by atoms with E-state index in [2.05, 4.69) is 30.9 Å². The molecule has 7 nitrogen and oxygen atoms in total. The van der Waals surface area contributed by atoms with Gasteiger partial charge in [0.15, 0.2) is 0 Å². The lowest BCUT2D eigenvalue weighted by atomic mass is 9.85. The Morgan fingerprint density at radius 2 is 1.87 bits per heavy atom. The second-order valence-electron chi connectivity index (χ2n) is 7.36. The summed E-state index contributed by atoms with van der Waals surface area (Å²) >= 11 is 0. The molecule has 1 aromatic carbocycles. The number of rotatable bonds is 6. The Morgan fingerprint density at radius 3 is 2.60 bits per heavy atom. The molecular formula is C20H25F3N6O. The summed E-state index contributed by atoms with van der Waals surface area (Å²) < 4.78 is 39.4. The molecule has 2 unspecified atom stereocenters. The van der Waals surface area contributed by atoms with Crippen molar-refractivity contribution in [3.63, 3.8) is 0 Å². The Morgan fingerprint density at radius 1 is 1.13 bits per heavy atom. The number of hydrogen-bond donors (Lipinski definition) is 3. The normalized spacial score (nSPS) is 19.2. The van der Waals surface area contributed by atoms with Crippen LogP contribution in [0.5, 0.6) is 0 Å². The first-order valence-corrected chi connectivity index (χ1v) is 9.86. The van der Waals surface area contributed by atoms with Crippen LogP contribution in [0.3, 0.4) is 0 Å². The number of benzene rings is 1. The third kappa shape index (κ3) is 5.58. The average Bonchev–Trinajstić information content (AvgIpc) is 2.71. The van der Waals surface area contributed by atoms with E-state index in [1.807, 2.05) is 0 Å². The highest BCUT2D eigenvalue weighted by Crippen LogP contribution is 2.32. The summed E-state index contributed by atoms with van der Waals surface area (Å²) in [6, 6.07) is 5.29. The van der Waals surface area contributed by atoms with Crippen molar-refractivity contribution in [3.8, 4) is 0 Å². The molecule has 2 atom stereocenters. The van der Waals surface area contributed by atoms with Crippen molar-refractivity contribution < 1.29 is 18.0 Å². The van der Waals surface area contributed by atoms with E-state index in [-0.39, 0.29) is 30.0 Å². The average molecular weight is 422 g/mol. The minimum Gasteiger partial charge on any atom is -0.357 e. The number of aryl methyl sites for hydroxylation is 1. The van der Waals surface area contributed by atoms with Crippen LogP contribution in [0.2, 0.25) is 0 Å². The summed E-state index contributed by atoms with van der Waals surface area (Å²) in [5.41, 5.74) is -0.664. The van der Waals surface area contributed by atoms with Crippen LogP contribution in [0.4, 0.5) is 25.1 Å². The summed E-state index contributed by atoms with van der Waals surface area (Å²) in [5, 5.41) is 8.80. The zero-order valence-electron chi connectivity index (χ0n) is 16.9. The number of halogens is 3. The van der Waals surface area contributed by atoms with Gasteiger partial charge < -0.3 is 16.0 Å². The summed E-state index contributed by atoms with van der Waals surface area (Å²) in [6.07, 6.45) is -1.50. The number of amides is 1. The molecule has 2 aromatic rings. The molecule has 0 saturated heterocycles. The molecule has 3 rings (SSSR count). The molecule has 0 spiro atoms. The molecule has 10 heteroatoms. The van der Waals surface area contributed by atoms with Crippen molar-refractivity contribution in [1.82, 2.24) is 20.3 Å². The third-order valence-electron chi connectivity index (χ3n) is 5.12. The molecule has 162 valence electrons. The Labute approximate surface area is 172 Å². The molecule has 1 aromatic heterocycles. The number of alkyl halides is 3. The molecular weight excluding hydrogens is 397 g/mol. The second kappa shape index (κ2) is 9.27. The zero-order chi connectivity index (χ0) is 21.7. The fourth-order valence-electron chi connectivity index (χ4n) is 3.68. The number of anilines is 2. The van der Waals surface area contributed by atoms with Gasteiger partial charge in [0.2, 0.25) is 17.8 Å². The molecule has 0 bridgehead atoms. The van der Waals surface area contributed by atoms with E-state index in [0.29, 0.717) is 30.6 Å². The molecule has 1 fully saturated rings. The first-order valence-electron chi connectivity index (χ1n) is 9.86. The molecule has 1 heterocycles. The van der Waals surface area contributed by atoms with Crippen LogP contribution in [0.1, 0.15) is 42.6 Å². The maximum Gasteiger partial charge on any atom is 0.416 e. The second-order valence-corrected chi connectivity index (χ2v) is 7.36. The van der Waals surface area contributed by atoms with Crippen LogP contribution in [0.25, 0.3) is 0 Å². The summed E-state index contributed by atoms with van der Waals surface area (Å²) in [5.74, 6) is 0.961. The van der Waals surface area contributed by atoms with Crippen molar-refractivity contribution in [2.75, 3.05) is 17.7 Å². The highest BCUT2D eigenvalue weighted by Gasteiger charge is 2.33. The van der Waals surface area contributed by atoms with Crippen molar-refractivity contribution in [2.45, 2.75) is 51.4 Å². The summed E-state index contributed by atoms with van der Waals surface area (Å²) in [6.45, 7) is 1.62. The standard InChI is InChI=1S/C20H25F3N6O/c1-12-26-18(24-2)29-19(27-12)28-15-8-5-7-13(10-15)17(30)25-11-14-6-3-4-9-16(14)20(21,22)23/h3-4,6,9,13,15H,5,7-8,10-11H2,1-2H3,(H,25,30)(H2,24,26,27,28,29). The maximum atomic E-state index is 13.1. The van der Waals surface area contributed by atoms with Gasteiger partial charge in [0.1, 0.15) is 5.82 Å². The van der Waals surface area contributed by atoms with E-state index in [9.17, 15) is 18.0 Å². The van der Waals surface area contributed by atoms with Crippen LogP contribution in [0.15, 0.2) is 24.3 Å². The maximum absolute atomic E-state index is 13.1. The SMILES string of the molecule is CNc1nc(C)nc(NC2CCCC(C(=O)NCc3ccccc3C(F)(F)F)C2)n1. The predicted molar refractivity (Wildman–Crippen MR) is 107 cm³/mol. The van der Waals surface area contributed by atoms with E-state index in [4.69, 9.17) is 0 Å². The minimum atomic E-state index is -4.45. The van der Waals surface area contributed by atoms with Gasteiger partial charge in [-0.1, -0.05) is 24.6 Å². The van der Waals surface area contributed by atoms with Crippen LogP contribution < -0.4 is 16.0 Å². The molecule has 30 heavy (non-hydrogen) atoms. The van der Waals surface area contributed by atoms with Crippen LogP contribution in [-0.2, 0) is 17.5 Å². The number of nitrogens with one attached hydrogen (secondary N) is 3. The zero-order valence-corrected chi connectivity index (χ0v) is 16.9. The number of carbonyl (C=O) groups is 1. The highest BCUT2D eigenvalue weighted by molar-refractivity contribution is 5.78. The van der Waals surface area contributed by atoms with E-state index in [1.165, 1.54) is 18.2 Å². The van der Waals surface area contributed by atoms with Crippen molar-refractivity contribution >= 4 is 17.8 Å². The van der Waals surface area contributed by atoms with E-state index in [0.717, 1.165) is 18.9 Å². The largest absolute Gasteiger partial charge is 0.416 e. The lowest BCUT2D eigenvalue weighted by Gasteiger charge is -2.29. The van der Waals surface area contributed by atoms with Gasteiger partial charge in [-0.25, -0.2) is 0 Å². The van der Waals surface area contributed by atoms with Gasteiger partial charge in [-0.05, 0) is 37.8 Å². The van der Waals surface area contributed by atoms with E-state index < -0.39 is 11.7 Å².